The molecule has 1 saturated heterocycles. The monoisotopic (exact) mass is 384 g/mol. The minimum absolute atomic E-state index is 0.0342. The van der Waals surface area contributed by atoms with Gasteiger partial charge in [0.15, 0.2) is 0 Å². The van der Waals surface area contributed by atoms with Crippen LogP contribution in [0.25, 0.3) is 11.6 Å². The van der Waals surface area contributed by atoms with E-state index in [1.54, 1.807) is 0 Å². The van der Waals surface area contributed by atoms with Crippen molar-refractivity contribution < 1.29 is 9.53 Å². The highest BCUT2D eigenvalue weighted by Crippen LogP contribution is 2.28. The van der Waals surface area contributed by atoms with Crippen molar-refractivity contribution >= 4 is 23.9 Å². The van der Waals surface area contributed by atoms with E-state index in [0.717, 1.165) is 23.4 Å². The molecular formula is C20H28N6O2. The van der Waals surface area contributed by atoms with Crippen LogP contribution in [0.1, 0.15) is 30.8 Å². The summed E-state index contributed by atoms with van der Waals surface area (Å²) in [6.07, 6.45) is 7.88. The fraction of sp³-hybridized carbons (Fsp3) is 0.450. The average Bonchev–Trinajstić information content (AvgIpc) is 3.11. The van der Waals surface area contributed by atoms with E-state index in [1.165, 1.54) is 6.34 Å². The minimum Gasteiger partial charge on any atom is -0.390 e. The molecule has 0 radical (unpaired) electrons. The number of nitrogens with zero attached hydrogens (tertiary/aromatic N) is 4. The third-order valence-corrected chi connectivity index (χ3v) is 5.00. The Hall–Kier alpha value is -2.87. The number of likely N-dealkylation sites (N-methyl/N-ethyl adjacent to an activating group) is 1. The molecule has 1 aliphatic carbocycles. The summed E-state index contributed by atoms with van der Waals surface area (Å²) in [6.45, 7) is 11.2. The summed E-state index contributed by atoms with van der Waals surface area (Å²) >= 11 is 0. The molecule has 0 aromatic carbocycles. The van der Waals surface area contributed by atoms with Crippen molar-refractivity contribution in [2.24, 2.45) is 10.7 Å². The van der Waals surface area contributed by atoms with E-state index in [-0.39, 0.29) is 18.6 Å². The summed E-state index contributed by atoms with van der Waals surface area (Å²) in [6, 6.07) is 0. The normalized spacial score (nSPS) is 20.1. The van der Waals surface area contributed by atoms with Gasteiger partial charge in [0.2, 0.25) is 5.91 Å². The number of carbonyl (C=O) groups excluding carboxylic acids is 1. The van der Waals surface area contributed by atoms with Gasteiger partial charge in [-0.1, -0.05) is 12.7 Å². The number of hydrogen-bond acceptors (Lipinski definition) is 5. The first-order valence-electron chi connectivity index (χ1n) is 9.62. The van der Waals surface area contributed by atoms with Gasteiger partial charge in [0, 0.05) is 38.2 Å². The predicted octanol–water partition coefficient (Wildman–Crippen LogP) is 1.39. The van der Waals surface area contributed by atoms with Crippen LogP contribution in [-0.4, -0.2) is 71.1 Å². The smallest absolute Gasteiger partial charge is 0.242 e. The highest BCUT2D eigenvalue weighted by molar-refractivity contribution is 5.80. The van der Waals surface area contributed by atoms with E-state index in [9.17, 15) is 4.79 Å². The first-order valence-corrected chi connectivity index (χ1v) is 9.62. The summed E-state index contributed by atoms with van der Waals surface area (Å²) < 4.78 is 5.73. The van der Waals surface area contributed by atoms with Crippen LogP contribution < -0.4 is 5.73 Å². The van der Waals surface area contributed by atoms with Gasteiger partial charge in [0.25, 0.3) is 0 Å². The molecule has 28 heavy (non-hydrogen) atoms. The Morgan fingerprint density at radius 1 is 1.50 bits per heavy atom. The third kappa shape index (κ3) is 4.17. The lowest BCUT2D eigenvalue weighted by atomic mass is 9.96. The van der Waals surface area contributed by atoms with Crippen LogP contribution >= 0.6 is 0 Å². The second kappa shape index (κ2) is 8.88. The first kappa shape index (κ1) is 19.9. The van der Waals surface area contributed by atoms with Crippen LogP contribution in [0.4, 0.5) is 0 Å². The topological polar surface area (TPSA) is 99.8 Å². The Kier molecular flexibility index (Phi) is 6.30. The number of hydrogen-bond donors (Lipinski definition) is 2. The zero-order chi connectivity index (χ0) is 20.1. The number of carbonyl (C=O) groups is 1. The molecule has 2 heterocycles. The van der Waals surface area contributed by atoms with Gasteiger partial charge in [-0.05, 0) is 31.6 Å². The van der Waals surface area contributed by atoms with Crippen molar-refractivity contribution in [3.8, 4) is 0 Å². The molecule has 1 atom stereocenters. The molecule has 0 saturated carbocycles. The molecule has 3 N–H and O–H groups in total. The number of aromatic nitrogens is 2. The van der Waals surface area contributed by atoms with Gasteiger partial charge in [-0.15, -0.1) is 0 Å². The van der Waals surface area contributed by atoms with Crippen LogP contribution in [0, 0.1) is 0 Å². The number of aromatic amines is 1. The molecule has 1 aromatic heterocycles. The van der Waals surface area contributed by atoms with E-state index in [0.29, 0.717) is 37.6 Å². The number of piperazine rings is 1. The number of H-pyrrole nitrogens is 1. The third-order valence-electron chi connectivity index (χ3n) is 5.00. The van der Waals surface area contributed by atoms with Crippen molar-refractivity contribution in [3.63, 3.8) is 0 Å². The zero-order valence-electron chi connectivity index (χ0n) is 16.5. The van der Waals surface area contributed by atoms with E-state index in [2.05, 4.69) is 21.8 Å². The largest absolute Gasteiger partial charge is 0.390 e. The molecule has 1 aliphatic heterocycles. The highest BCUT2D eigenvalue weighted by Gasteiger charge is 2.25. The maximum absolute atomic E-state index is 12.3. The second-order valence-electron chi connectivity index (χ2n) is 6.72. The number of ether oxygens (including phenoxy) is 1. The first-order chi connectivity index (χ1) is 13.6. The number of nitrogens with two attached hydrogens (primary N) is 1. The molecule has 8 heteroatoms. The van der Waals surface area contributed by atoms with Gasteiger partial charge in [-0.25, -0.2) is 4.99 Å². The maximum atomic E-state index is 12.3. The average molecular weight is 384 g/mol. The van der Waals surface area contributed by atoms with Crippen molar-refractivity contribution in [3.05, 3.63) is 41.5 Å². The predicted molar refractivity (Wildman–Crippen MR) is 110 cm³/mol. The molecule has 3 rings (SSSR count). The second-order valence-corrected chi connectivity index (χ2v) is 6.72. The Bertz CT molecular complexity index is 823. The molecule has 0 bridgehead atoms. The molecule has 1 amide bonds. The van der Waals surface area contributed by atoms with Crippen LogP contribution in [0.3, 0.4) is 0 Å². The quantitative estimate of drug-likeness (QED) is 0.420. The van der Waals surface area contributed by atoms with Crippen molar-refractivity contribution in [1.82, 2.24) is 20.0 Å². The van der Waals surface area contributed by atoms with Crippen LogP contribution in [0.5, 0.6) is 0 Å². The maximum Gasteiger partial charge on any atom is 0.242 e. The van der Waals surface area contributed by atoms with Crippen molar-refractivity contribution in [2.45, 2.75) is 26.4 Å². The number of allylic oxidation sites excluding steroid dienone is 2. The molecule has 1 fully saturated rings. The highest BCUT2D eigenvalue weighted by atomic mass is 16.5. The summed E-state index contributed by atoms with van der Waals surface area (Å²) in [5, 5.41) is 7.49. The lowest BCUT2D eigenvalue weighted by Gasteiger charge is -2.35. The standard InChI is InChI=1S/C20H28N6O2/c1-4-25-8-9-26(12-19(25)27)18(22-13-21)10-14(3)20-16-11-15(28-5-2)6-7-17(16)23-24-20/h6-7,10,13,15H,3-5,8-9,11-12H2,1-2H3,(H2,21,22)(H,23,24)/b18-10+/t15-/m0/s1. The molecular weight excluding hydrogens is 356 g/mol. The van der Waals surface area contributed by atoms with Crippen molar-refractivity contribution in [1.29, 1.82) is 0 Å². The molecule has 1 aromatic rings. The van der Waals surface area contributed by atoms with Gasteiger partial charge < -0.3 is 20.3 Å². The van der Waals surface area contributed by atoms with E-state index in [4.69, 9.17) is 10.5 Å². The lowest BCUT2D eigenvalue weighted by Crippen LogP contribution is -2.49. The summed E-state index contributed by atoms with van der Waals surface area (Å²) in [4.78, 5) is 20.3. The van der Waals surface area contributed by atoms with E-state index in [1.807, 2.05) is 41.9 Å². The minimum atomic E-state index is 0.0342. The fourth-order valence-corrected chi connectivity index (χ4v) is 3.54. The number of fused-ring (bicyclic) bond motifs is 1. The van der Waals surface area contributed by atoms with Gasteiger partial charge in [0.05, 0.1) is 30.4 Å². The molecule has 0 spiro atoms. The van der Waals surface area contributed by atoms with Crippen LogP contribution in [0.2, 0.25) is 0 Å². The summed E-state index contributed by atoms with van der Waals surface area (Å²) in [5.41, 5.74) is 9.09. The molecule has 8 nitrogen and oxygen atoms in total. The van der Waals surface area contributed by atoms with Crippen LogP contribution in [0.15, 0.2) is 29.5 Å². The number of amides is 1. The number of rotatable bonds is 7. The molecule has 2 aliphatic rings. The van der Waals surface area contributed by atoms with Gasteiger partial charge >= 0.3 is 0 Å². The van der Waals surface area contributed by atoms with Crippen LogP contribution in [-0.2, 0) is 16.0 Å². The molecule has 150 valence electrons. The van der Waals surface area contributed by atoms with Gasteiger partial charge in [-0.2, -0.15) is 5.10 Å². The van der Waals surface area contributed by atoms with Crippen molar-refractivity contribution in [2.75, 3.05) is 32.8 Å². The van der Waals surface area contributed by atoms with Gasteiger partial charge in [0.1, 0.15) is 5.82 Å². The Morgan fingerprint density at radius 3 is 3.00 bits per heavy atom. The number of nitrogens with one attached hydrogen (secondary N) is 1. The SMILES string of the molecule is C=C(/C=C(\N=CN)N1CCN(CC)C(=O)C1)c1n[nH]c2c1C[C@@H](OCC)C=C2. The number of aliphatic imine (C=N–C) groups is 1. The summed E-state index contributed by atoms with van der Waals surface area (Å²) in [5.74, 6) is 0.695. The zero-order valence-corrected chi connectivity index (χ0v) is 16.5. The Morgan fingerprint density at radius 2 is 2.32 bits per heavy atom. The molecule has 0 unspecified atom stereocenters. The summed E-state index contributed by atoms with van der Waals surface area (Å²) in [7, 11) is 0. The van der Waals surface area contributed by atoms with E-state index >= 15 is 0 Å². The lowest BCUT2D eigenvalue weighted by molar-refractivity contribution is -0.134. The fourth-order valence-electron chi connectivity index (χ4n) is 3.54. The van der Waals surface area contributed by atoms with E-state index < -0.39 is 0 Å². The Labute approximate surface area is 165 Å². The Balaban J connectivity index is 1.82. The van der Waals surface area contributed by atoms with Gasteiger partial charge in [-0.3, -0.25) is 9.89 Å².